The van der Waals surface area contributed by atoms with Gasteiger partial charge in [-0.05, 0) is 97.3 Å². The number of hydrogen-bond acceptors (Lipinski definition) is 21. The summed E-state index contributed by atoms with van der Waals surface area (Å²) in [4.78, 5) is 43.4. The lowest BCUT2D eigenvalue weighted by molar-refractivity contribution is 0.160. The van der Waals surface area contributed by atoms with Gasteiger partial charge in [-0.2, -0.15) is 15.3 Å². The van der Waals surface area contributed by atoms with E-state index in [2.05, 4.69) is 98.9 Å². The van der Waals surface area contributed by atoms with E-state index in [1.54, 1.807) is 31.6 Å². The molecule has 0 fully saturated rings. The van der Waals surface area contributed by atoms with E-state index in [1.165, 1.54) is 56.2 Å². The number of aromatic nitrogens is 12. The smallest absolute Gasteiger partial charge is 0.187 e. The second-order valence-corrected chi connectivity index (χ2v) is 19.5. The van der Waals surface area contributed by atoms with Gasteiger partial charge in [0.2, 0.25) is 0 Å². The highest BCUT2D eigenvalue weighted by Gasteiger charge is 2.15. The lowest BCUT2D eigenvalue weighted by Gasteiger charge is -2.11. The molecule has 90 heavy (non-hydrogen) atoms. The summed E-state index contributed by atoms with van der Waals surface area (Å²) in [6, 6.07) is 42.0. The van der Waals surface area contributed by atoms with E-state index in [4.69, 9.17) is 32.6 Å². The fourth-order valence-electron chi connectivity index (χ4n) is 9.23. The lowest BCUT2D eigenvalue weighted by atomic mass is 10.2. The summed E-state index contributed by atoms with van der Waals surface area (Å²) in [6.07, 6.45) is 14.4. The van der Waals surface area contributed by atoms with Gasteiger partial charge in [0, 0.05) is 46.5 Å². The minimum Gasteiger partial charge on any atom is -0.399 e. The first-order valence-corrected chi connectivity index (χ1v) is 28.1. The molecular formula is C64H61FN22O3. The molecule has 8 N–H and O–H groups in total. The summed E-state index contributed by atoms with van der Waals surface area (Å²) in [6.45, 7) is 13.6. The minimum atomic E-state index is -0.256. The molecular weight excluding hydrogens is 1140 g/mol. The van der Waals surface area contributed by atoms with Crippen LogP contribution >= 0.6 is 0 Å². The number of nitrogen functional groups attached to an aromatic ring is 2. The van der Waals surface area contributed by atoms with Crippen LogP contribution in [0.15, 0.2) is 186 Å². The predicted molar refractivity (Wildman–Crippen MR) is 349 cm³/mol. The molecule has 0 radical (unpaired) electrons. The minimum absolute atomic E-state index is 0.256. The quantitative estimate of drug-likeness (QED) is 0.0221. The molecule has 6 aromatic carbocycles. The molecule has 12 rings (SSSR count). The van der Waals surface area contributed by atoms with Crippen molar-refractivity contribution in [2.75, 3.05) is 60.1 Å². The van der Waals surface area contributed by atoms with Crippen LogP contribution in [0.25, 0.3) is 37.6 Å². The fourth-order valence-corrected chi connectivity index (χ4v) is 9.23. The topological polar surface area (TPSA) is 300 Å². The van der Waals surface area contributed by atoms with Crippen LogP contribution < -0.4 is 32.7 Å². The summed E-state index contributed by atoms with van der Waals surface area (Å²) >= 11 is 0. The molecule has 0 aliphatic rings. The number of rotatable bonds is 21. The van der Waals surface area contributed by atoms with E-state index in [1.807, 2.05) is 137 Å². The van der Waals surface area contributed by atoms with Crippen LogP contribution in [-0.4, -0.2) is 105 Å². The number of fused-ring (bicyclic) bond motifs is 3. The first-order chi connectivity index (χ1) is 44.1. The maximum absolute atomic E-state index is 13.5. The molecule has 0 atom stereocenters. The molecule has 0 bridgehead atoms. The summed E-state index contributed by atoms with van der Waals surface area (Å²) in [5, 5.41) is 41.0. The second kappa shape index (κ2) is 29.6. The van der Waals surface area contributed by atoms with Crippen LogP contribution in [0.4, 0.5) is 62.0 Å². The molecule has 0 saturated heterocycles. The van der Waals surface area contributed by atoms with Crippen molar-refractivity contribution in [1.82, 2.24) is 59.2 Å². The third kappa shape index (κ3) is 15.5. The van der Waals surface area contributed by atoms with Crippen molar-refractivity contribution in [2.24, 2.45) is 15.5 Å². The number of halogens is 1. The van der Waals surface area contributed by atoms with E-state index >= 15 is 0 Å². The molecule has 0 aliphatic carbocycles. The zero-order chi connectivity index (χ0) is 62.6. The van der Waals surface area contributed by atoms with Gasteiger partial charge in [-0.15, -0.1) is 0 Å². The van der Waals surface area contributed by atoms with Crippen LogP contribution in [0.2, 0.25) is 0 Å². The van der Waals surface area contributed by atoms with Gasteiger partial charge >= 0.3 is 0 Å². The van der Waals surface area contributed by atoms with Gasteiger partial charge in [0.05, 0.1) is 90.5 Å². The van der Waals surface area contributed by atoms with Crippen molar-refractivity contribution in [2.45, 2.75) is 33.5 Å². The summed E-state index contributed by atoms with van der Waals surface area (Å²) in [7, 11) is 3.25. The van der Waals surface area contributed by atoms with Crippen molar-refractivity contribution >= 4 is 109 Å². The van der Waals surface area contributed by atoms with Gasteiger partial charge in [0.15, 0.2) is 5.69 Å². The second-order valence-electron chi connectivity index (χ2n) is 19.5. The Balaban J connectivity index is 0.000000149. The Morgan fingerprint density at radius 2 is 1.07 bits per heavy atom. The maximum Gasteiger partial charge on any atom is 0.187 e. The molecule has 0 aliphatic heterocycles. The van der Waals surface area contributed by atoms with E-state index < -0.39 is 0 Å². The fraction of sp³-hybridized carbons (Fsp3) is 0.141. The average Bonchev–Trinajstić information content (AvgIpc) is 2.87. The van der Waals surface area contributed by atoms with Crippen molar-refractivity contribution in [1.29, 1.82) is 0 Å². The Hall–Kier alpha value is -12.4. The Bertz CT molecular complexity index is 4540. The first-order valence-electron chi connectivity index (χ1n) is 28.1. The molecule has 0 amide bonds. The monoisotopic (exact) mass is 1200 g/mol. The van der Waals surface area contributed by atoms with Crippen LogP contribution in [0.3, 0.4) is 0 Å². The van der Waals surface area contributed by atoms with Crippen LogP contribution in [0.1, 0.15) is 47.2 Å². The standard InChI is InChI=1S/C22H20N8O.C21H20FN7O.C21H21N7O/c1-3-31-28-12-19-21(23)25-14-26-22(19)29-18-7-8-20-16(10-18)11-27-30(20)13-15-5-4-6-17(9-15)24-2;1-23-20-18(11-27-30-2)21(25-13-24-20)28-17-6-7-19-15(9-17)10-26-29(19)12-14-4-3-5-16(22)8-14;1-2-29-25-11-18-20(22)23-14-24-21(18)26-17-8-9-19-16(10-17)13-28(27-19)12-15-6-4-3-5-7-15/h4-12,14H,3,13H2,1H3,(H3,23,25,26,29);3-11,13H,12H2,1-2H3,(H2,23,24,25,28);3-11,13-14H,2,12H2,1H3,(H3,22,23,24,26)/b28-12+;27-11+;25-11+. The molecule has 0 saturated carbocycles. The van der Waals surface area contributed by atoms with Crippen LogP contribution in [0, 0.1) is 12.4 Å². The van der Waals surface area contributed by atoms with Gasteiger partial charge in [-0.1, -0.05) is 82.2 Å². The Kier molecular flexibility index (Phi) is 20.0. The molecule has 0 spiro atoms. The highest BCUT2D eigenvalue weighted by molar-refractivity contribution is 5.95. The number of oxime groups is 3. The van der Waals surface area contributed by atoms with E-state index in [0.29, 0.717) is 83.6 Å². The highest BCUT2D eigenvalue weighted by Crippen LogP contribution is 2.29. The number of nitrogens with one attached hydrogen (secondary N) is 4. The third-order valence-electron chi connectivity index (χ3n) is 13.4. The SMILES string of the molecule is CCO/N=C/c1c(N)ncnc1Nc1ccc2nn(Cc3ccccc3)cc2c1.CNc1ncnc(Nc2ccc3c(cnn3Cc3cccc(F)c3)c2)c1/C=N/OC.[C-]#[N+]c1cccc(Cn2ncc3cc(Nc4ncnc(N)c4/C=N/OCC)ccc32)c1. The summed E-state index contributed by atoms with van der Waals surface area (Å²) in [5.74, 6) is 2.66. The number of anilines is 9. The molecule has 25 nitrogen and oxygen atoms in total. The molecule has 26 heteroatoms. The lowest BCUT2D eigenvalue weighted by Crippen LogP contribution is -2.05. The van der Waals surface area contributed by atoms with Crippen molar-refractivity contribution < 1.29 is 18.9 Å². The molecule has 452 valence electrons. The summed E-state index contributed by atoms with van der Waals surface area (Å²) < 4.78 is 19.2. The van der Waals surface area contributed by atoms with Crippen molar-refractivity contribution in [3.63, 3.8) is 0 Å². The molecule has 12 aromatic rings. The van der Waals surface area contributed by atoms with E-state index in [0.717, 1.165) is 67.4 Å². The van der Waals surface area contributed by atoms with Gasteiger partial charge in [0.1, 0.15) is 80.0 Å². The van der Waals surface area contributed by atoms with Crippen molar-refractivity contribution in [3.05, 3.63) is 222 Å². The van der Waals surface area contributed by atoms with E-state index in [-0.39, 0.29) is 5.82 Å². The molecule has 6 heterocycles. The van der Waals surface area contributed by atoms with Crippen LogP contribution in [0.5, 0.6) is 0 Å². The Labute approximate surface area is 515 Å². The third-order valence-corrected chi connectivity index (χ3v) is 13.4. The predicted octanol–water partition coefficient (Wildman–Crippen LogP) is 11.5. The highest BCUT2D eigenvalue weighted by atomic mass is 19.1. The Morgan fingerprint density at radius 1 is 0.556 bits per heavy atom. The molecule has 0 unspecified atom stereocenters. The largest absolute Gasteiger partial charge is 0.399 e. The number of nitrogens with two attached hydrogens (primary N) is 2. The average molecular weight is 1210 g/mol. The normalized spacial score (nSPS) is 11.1. The van der Waals surface area contributed by atoms with Gasteiger partial charge in [-0.25, -0.2) is 39.1 Å². The van der Waals surface area contributed by atoms with Crippen molar-refractivity contribution in [3.8, 4) is 0 Å². The number of nitrogens with zero attached hydrogens (tertiary/aromatic N) is 16. The zero-order valence-electron chi connectivity index (χ0n) is 49.3. The van der Waals surface area contributed by atoms with E-state index in [9.17, 15) is 4.39 Å². The number of benzene rings is 6. The number of hydrogen-bond donors (Lipinski definition) is 6. The first kappa shape index (κ1) is 60.7. The van der Waals surface area contributed by atoms with Gasteiger partial charge in [0.25, 0.3) is 0 Å². The zero-order valence-corrected chi connectivity index (χ0v) is 49.3. The Morgan fingerprint density at radius 3 is 1.62 bits per heavy atom. The van der Waals surface area contributed by atoms with Crippen LogP contribution in [-0.2, 0) is 34.1 Å². The summed E-state index contributed by atoms with van der Waals surface area (Å²) in [5.41, 5.74) is 22.8. The molecule has 6 aromatic heterocycles. The van der Waals surface area contributed by atoms with Gasteiger partial charge in [-0.3, -0.25) is 14.0 Å². The van der Waals surface area contributed by atoms with Gasteiger partial charge < -0.3 is 47.2 Å². The maximum atomic E-state index is 13.5.